The smallest absolute Gasteiger partial charge is 0.422 e. The van der Waals surface area contributed by atoms with Gasteiger partial charge in [0.2, 0.25) is 0 Å². The molecule has 0 aliphatic carbocycles. The summed E-state index contributed by atoms with van der Waals surface area (Å²) in [7, 11) is -2.81. The van der Waals surface area contributed by atoms with Gasteiger partial charge >= 0.3 is 6.18 Å². The van der Waals surface area contributed by atoms with Crippen LogP contribution in [0.25, 0.3) is 0 Å². The lowest BCUT2D eigenvalue weighted by atomic mass is 9.90. The van der Waals surface area contributed by atoms with E-state index in [-0.39, 0.29) is 23.9 Å². The zero-order valence-corrected chi connectivity index (χ0v) is 17.7. The van der Waals surface area contributed by atoms with E-state index in [1.165, 1.54) is 11.0 Å². The minimum atomic E-state index is -4.70. The molecule has 0 unspecified atom stereocenters. The SMILES string of the molecule is COc1c(S(C)(=O)=O)ccc(OCC(F)(F)F)c1C(=O)N1CC(c2ccc(F)c(F)c2)C1. The van der Waals surface area contributed by atoms with Crippen molar-refractivity contribution in [1.29, 1.82) is 0 Å². The molecule has 6 nitrogen and oxygen atoms in total. The highest BCUT2D eigenvalue weighted by atomic mass is 32.2. The van der Waals surface area contributed by atoms with Gasteiger partial charge in [0, 0.05) is 25.3 Å². The number of ether oxygens (including phenoxy) is 2. The first-order chi connectivity index (χ1) is 14.8. The summed E-state index contributed by atoms with van der Waals surface area (Å²) in [6.07, 6.45) is -3.84. The molecular formula is C20H18F5NO5S. The second-order valence-corrected chi connectivity index (χ2v) is 9.21. The van der Waals surface area contributed by atoms with E-state index < -0.39 is 57.2 Å². The highest BCUT2D eigenvalue weighted by Gasteiger charge is 2.37. The molecule has 12 heteroatoms. The lowest BCUT2D eigenvalue weighted by Gasteiger charge is -2.40. The minimum Gasteiger partial charge on any atom is -0.494 e. The Balaban J connectivity index is 1.93. The third-order valence-electron chi connectivity index (χ3n) is 4.88. The Morgan fingerprint density at radius 1 is 1.12 bits per heavy atom. The molecular weight excluding hydrogens is 461 g/mol. The largest absolute Gasteiger partial charge is 0.494 e. The first-order valence-corrected chi connectivity index (χ1v) is 11.1. The summed E-state index contributed by atoms with van der Waals surface area (Å²) >= 11 is 0. The predicted octanol–water partition coefficient (Wildman–Crippen LogP) is 3.56. The van der Waals surface area contributed by atoms with Gasteiger partial charge in [0.05, 0.1) is 7.11 Å². The fraction of sp³-hybridized carbons (Fsp3) is 0.350. The number of methoxy groups -OCH3 is 1. The lowest BCUT2D eigenvalue weighted by molar-refractivity contribution is -0.153. The molecule has 1 aliphatic heterocycles. The van der Waals surface area contributed by atoms with E-state index in [2.05, 4.69) is 0 Å². The van der Waals surface area contributed by atoms with E-state index in [1.807, 2.05) is 0 Å². The summed E-state index contributed by atoms with van der Waals surface area (Å²) in [4.78, 5) is 13.9. The third-order valence-corrected chi connectivity index (χ3v) is 6.00. The van der Waals surface area contributed by atoms with Crippen molar-refractivity contribution in [3.8, 4) is 11.5 Å². The van der Waals surface area contributed by atoms with Crippen LogP contribution >= 0.6 is 0 Å². The number of alkyl halides is 3. The number of nitrogens with zero attached hydrogens (tertiary/aromatic N) is 1. The molecule has 174 valence electrons. The van der Waals surface area contributed by atoms with Crippen molar-refractivity contribution in [2.75, 3.05) is 33.1 Å². The summed E-state index contributed by atoms with van der Waals surface area (Å²) in [6, 6.07) is 5.29. The standard InChI is InChI=1S/C20H18F5NO5S/c1-30-18-16(32(2,28)29)6-5-15(31-10-20(23,24)25)17(18)19(27)26-8-12(9-26)11-3-4-13(21)14(22)7-11/h3-7,12H,8-10H2,1-2H3. The molecule has 3 rings (SSSR count). The molecule has 1 amide bonds. The molecule has 0 saturated carbocycles. The number of carbonyl (C=O) groups excluding carboxylic acids is 1. The number of carbonyl (C=O) groups is 1. The van der Waals surface area contributed by atoms with Crippen molar-refractivity contribution in [2.24, 2.45) is 0 Å². The van der Waals surface area contributed by atoms with Gasteiger partial charge in [-0.25, -0.2) is 17.2 Å². The van der Waals surface area contributed by atoms with Crippen LogP contribution in [0.2, 0.25) is 0 Å². The molecule has 2 aromatic carbocycles. The van der Waals surface area contributed by atoms with E-state index in [0.717, 1.165) is 37.6 Å². The Bertz CT molecular complexity index is 1140. The molecule has 0 aromatic heterocycles. The number of hydrogen-bond donors (Lipinski definition) is 0. The molecule has 0 radical (unpaired) electrons. The highest BCUT2D eigenvalue weighted by Crippen LogP contribution is 2.39. The van der Waals surface area contributed by atoms with Crippen LogP contribution in [-0.4, -0.2) is 58.5 Å². The van der Waals surface area contributed by atoms with Gasteiger partial charge in [-0.05, 0) is 29.8 Å². The van der Waals surface area contributed by atoms with Crippen LogP contribution in [0.1, 0.15) is 21.8 Å². The zero-order valence-electron chi connectivity index (χ0n) is 16.9. The summed E-state index contributed by atoms with van der Waals surface area (Å²) in [6.45, 7) is -1.60. The van der Waals surface area contributed by atoms with E-state index in [1.54, 1.807) is 0 Å². The number of rotatable bonds is 6. The van der Waals surface area contributed by atoms with Crippen LogP contribution in [-0.2, 0) is 9.84 Å². The van der Waals surface area contributed by atoms with E-state index in [4.69, 9.17) is 9.47 Å². The van der Waals surface area contributed by atoms with Crippen LogP contribution in [0.5, 0.6) is 11.5 Å². The minimum absolute atomic E-state index is 0.0505. The van der Waals surface area contributed by atoms with Gasteiger partial charge in [-0.3, -0.25) is 4.79 Å². The molecule has 0 atom stereocenters. The second-order valence-electron chi connectivity index (χ2n) is 7.23. The van der Waals surface area contributed by atoms with Crippen molar-refractivity contribution in [3.63, 3.8) is 0 Å². The molecule has 1 saturated heterocycles. The maximum Gasteiger partial charge on any atom is 0.422 e. The average molecular weight is 479 g/mol. The number of likely N-dealkylation sites (tertiary alicyclic amines) is 1. The Morgan fingerprint density at radius 3 is 2.31 bits per heavy atom. The molecule has 2 aromatic rings. The molecule has 0 spiro atoms. The average Bonchev–Trinajstić information content (AvgIpc) is 2.65. The lowest BCUT2D eigenvalue weighted by Crippen LogP contribution is -2.48. The first kappa shape index (κ1) is 23.8. The number of benzene rings is 2. The van der Waals surface area contributed by atoms with Crippen molar-refractivity contribution in [3.05, 3.63) is 53.1 Å². The normalized spacial score (nSPS) is 14.8. The van der Waals surface area contributed by atoms with Gasteiger partial charge in [0.25, 0.3) is 5.91 Å². The Hall–Kier alpha value is -2.89. The van der Waals surface area contributed by atoms with Gasteiger partial charge in [-0.2, -0.15) is 13.2 Å². The monoisotopic (exact) mass is 479 g/mol. The van der Waals surface area contributed by atoms with Crippen LogP contribution in [0.4, 0.5) is 22.0 Å². The van der Waals surface area contributed by atoms with Gasteiger partial charge in [-0.1, -0.05) is 6.07 Å². The highest BCUT2D eigenvalue weighted by molar-refractivity contribution is 7.90. The van der Waals surface area contributed by atoms with Crippen LogP contribution in [0.15, 0.2) is 35.2 Å². The maximum atomic E-state index is 13.5. The second kappa shape index (κ2) is 8.57. The number of halogens is 5. The number of amides is 1. The van der Waals surface area contributed by atoms with E-state index in [0.29, 0.717) is 5.56 Å². The van der Waals surface area contributed by atoms with E-state index in [9.17, 15) is 35.2 Å². The van der Waals surface area contributed by atoms with Crippen LogP contribution in [0, 0.1) is 11.6 Å². The Kier molecular flexibility index (Phi) is 6.36. The predicted molar refractivity (Wildman–Crippen MR) is 103 cm³/mol. The fourth-order valence-electron chi connectivity index (χ4n) is 3.30. The maximum absolute atomic E-state index is 13.5. The molecule has 1 heterocycles. The molecule has 0 bridgehead atoms. The van der Waals surface area contributed by atoms with Gasteiger partial charge in [0.15, 0.2) is 33.8 Å². The topological polar surface area (TPSA) is 72.9 Å². The van der Waals surface area contributed by atoms with Crippen molar-refractivity contribution >= 4 is 15.7 Å². The van der Waals surface area contributed by atoms with Crippen LogP contribution < -0.4 is 9.47 Å². The Labute approximate surface area is 180 Å². The van der Waals surface area contributed by atoms with Gasteiger partial charge in [-0.15, -0.1) is 0 Å². The summed E-state index contributed by atoms with van der Waals surface area (Å²) in [5.41, 5.74) is -0.0261. The van der Waals surface area contributed by atoms with E-state index >= 15 is 0 Å². The number of sulfone groups is 1. The quantitative estimate of drug-likeness (QED) is 0.593. The van der Waals surface area contributed by atoms with Crippen molar-refractivity contribution < 1.29 is 44.6 Å². The molecule has 1 aliphatic rings. The summed E-state index contributed by atoms with van der Waals surface area (Å²) < 4.78 is 98.6. The molecule has 1 fully saturated rings. The fourth-order valence-corrected chi connectivity index (χ4v) is 4.14. The van der Waals surface area contributed by atoms with Gasteiger partial charge < -0.3 is 14.4 Å². The third kappa shape index (κ3) is 4.95. The van der Waals surface area contributed by atoms with Crippen molar-refractivity contribution in [1.82, 2.24) is 4.90 Å². The first-order valence-electron chi connectivity index (χ1n) is 9.16. The Morgan fingerprint density at radius 2 is 1.78 bits per heavy atom. The number of hydrogen-bond acceptors (Lipinski definition) is 5. The van der Waals surface area contributed by atoms with Crippen molar-refractivity contribution in [2.45, 2.75) is 17.0 Å². The molecule has 32 heavy (non-hydrogen) atoms. The van der Waals surface area contributed by atoms with Gasteiger partial charge in [0.1, 0.15) is 16.2 Å². The summed E-state index contributed by atoms with van der Waals surface area (Å²) in [5.74, 6) is -4.14. The van der Waals surface area contributed by atoms with Crippen LogP contribution in [0.3, 0.4) is 0 Å². The molecule has 0 N–H and O–H groups in total. The summed E-state index contributed by atoms with van der Waals surface area (Å²) in [5, 5.41) is 0. The zero-order chi connectivity index (χ0) is 23.8.